The predicted octanol–water partition coefficient (Wildman–Crippen LogP) is 2.81. The highest BCUT2D eigenvalue weighted by Gasteiger charge is 2.20. The van der Waals surface area contributed by atoms with Crippen molar-refractivity contribution in [1.82, 2.24) is 5.32 Å². The molecule has 0 aromatic heterocycles. The SMILES string of the molecule is CC(C)NCC(C)C1CCCC1. The Morgan fingerprint density at radius 3 is 2.25 bits per heavy atom. The maximum atomic E-state index is 3.52. The van der Waals surface area contributed by atoms with Crippen molar-refractivity contribution in [3.05, 3.63) is 0 Å². The van der Waals surface area contributed by atoms with Crippen molar-refractivity contribution in [2.45, 2.75) is 52.5 Å². The van der Waals surface area contributed by atoms with E-state index in [1.807, 2.05) is 0 Å². The lowest BCUT2D eigenvalue weighted by Crippen LogP contribution is -2.30. The first-order valence-corrected chi connectivity index (χ1v) is 5.43. The molecule has 0 spiro atoms. The van der Waals surface area contributed by atoms with E-state index in [0.717, 1.165) is 11.8 Å². The number of rotatable bonds is 4. The van der Waals surface area contributed by atoms with Crippen molar-refractivity contribution in [3.63, 3.8) is 0 Å². The van der Waals surface area contributed by atoms with E-state index in [1.54, 1.807) is 0 Å². The predicted molar refractivity (Wildman–Crippen MR) is 54.3 cm³/mol. The summed E-state index contributed by atoms with van der Waals surface area (Å²) in [5.41, 5.74) is 0. The molecule has 12 heavy (non-hydrogen) atoms. The molecule has 0 bridgehead atoms. The summed E-state index contributed by atoms with van der Waals surface area (Å²) in [6.07, 6.45) is 5.88. The van der Waals surface area contributed by atoms with Gasteiger partial charge in [-0.25, -0.2) is 0 Å². The number of hydrogen-bond acceptors (Lipinski definition) is 1. The Morgan fingerprint density at radius 2 is 1.75 bits per heavy atom. The van der Waals surface area contributed by atoms with Gasteiger partial charge in [-0.05, 0) is 18.4 Å². The van der Waals surface area contributed by atoms with Gasteiger partial charge in [-0.3, -0.25) is 0 Å². The molecule has 0 aliphatic heterocycles. The van der Waals surface area contributed by atoms with Crippen molar-refractivity contribution in [1.29, 1.82) is 0 Å². The molecule has 0 amide bonds. The zero-order valence-corrected chi connectivity index (χ0v) is 8.77. The lowest BCUT2D eigenvalue weighted by atomic mass is 9.92. The molecular weight excluding hydrogens is 146 g/mol. The van der Waals surface area contributed by atoms with E-state index in [4.69, 9.17) is 0 Å². The molecule has 1 rings (SSSR count). The Balaban J connectivity index is 2.13. The average Bonchev–Trinajstić information content (AvgIpc) is 2.51. The molecule has 0 heterocycles. The van der Waals surface area contributed by atoms with Gasteiger partial charge in [0, 0.05) is 6.04 Å². The van der Waals surface area contributed by atoms with Crippen LogP contribution in [0.5, 0.6) is 0 Å². The molecule has 0 aromatic rings. The normalized spacial score (nSPS) is 22.0. The molecule has 1 heteroatoms. The first-order chi connectivity index (χ1) is 5.70. The molecule has 0 radical (unpaired) electrons. The summed E-state index contributed by atoms with van der Waals surface area (Å²) in [4.78, 5) is 0. The minimum Gasteiger partial charge on any atom is -0.314 e. The second kappa shape index (κ2) is 4.86. The van der Waals surface area contributed by atoms with Crippen LogP contribution in [0, 0.1) is 11.8 Å². The fourth-order valence-corrected chi connectivity index (χ4v) is 2.11. The fraction of sp³-hybridized carbons (Fsp3) is 1.00. The fourth-order valence-electron chi connectivity index (χ4n) is 2.11. The number of hydrogen-bond donors (Lipinski definition) is 1. The molecule has 1 unspecified atom stereocenters. The minimum atomic E-state index is 0.647. The van der Waals surface area contributed by atoms with Crippen molar-refractivity contribution in [2.75, 3.05) is 6.54 Å². The van der Waals surface area contributed by atoms with Gasteiger partial charge in [-0.2, -0.15) is 0 Å². The van der Waals surface area contributed by atoms with E-state index < -0.39 is 0 Å². The lowest BCUT2D eigenvalue weighted by molar-refractivity contribution is 0.339. The standard InChI is InChI=1S/C11H23N/c1-9(2)12-8-10(3)11-6-4-5-7-11/h9-12H,4-8H2,1-3H3. The first kappa shape index (κ1) is 10.0. The molecule has 1 aliphatic rings. The molecule has 1 N–H and O–H groups in total. The van der Waals surface area contributed by atoms with Gasteiger partial charge in [0.15, 0.2) is 0 Å². The van der Waals surface area contributed by atoms with Crippen LogP contribution in [-0.2, 0) is 0 Å². The van der Waals surface area contributed by atoms with Gasteiger partial charge in [0.1, 0.15) is 0 Å². The van der Waals surface area contributed by atoms with E-state index >= 15 is 0 Å². The van der Waals surface area contributed by atoms with Crippen LogP contribution in [0.15, 0.2) is 0 Å². The Labute approximate surface area is 76.9 Å². The summed E-state index contributed by atoms with van der Waals surface area (Å²) in [6.45, 7) is 8.05. The van der Waals surface area contributed by atoms with Gasteiger partial charge in [0.05, 0.1) is 0 Å². The second-order valence-corrected chi connectivity index (χ2v) is 4.58. The maximum Gasteiger partial charge on any atom is 0.00104 e. The molecule has 0 aromatic carbocycles. The molecule has 1 nitrogen and oxygen atoms in total. The highest BCUT2D eigenvalue weighted by atomic mass is 14.9. The molecule has 1 aliphatic carbocycles. The van der Waals surface area contributed by atoms with Crippen LogP contribution in [0.25, 0.3) is 0 Å². The van der Waals surface area contributed by atoms with Crippen molar-refractivity contribution in [2.24, 2.45) is 11.8 Å². The van der Waals surface area contributed by atoms with E-state index in [1.165, 1.54) is 32.2 Å². The van der Waals surface area contributed by atoms with Crippen LogP contribution >= 0.6 is 0 Å². The van der Waals surface area contributed by atoms with Gasteiger partial charge in [0.2, 0.25) is 0 Å². The van der Waals surface area contributed by atoms with E-state index in [2.05, 4.69) is 26.1 Å². The van der Waals surface area contributed by atoms with Crippen LogP contribution in [0.1, 0.15) is 46.5 Å². The average molecular weight is 169 g/mol. The molecular formula is C11H23N. The zero-order chi connectivity index (χ0) is 8.97. The second-order valence-electron chi connectivity index (χ2n) is 4.58. The van der Waals surface area contributed by atoms with Crippen LogP contribution < -0.4 is 5.32 Å². The third-order valence-electron chi connectivity index (χ3n) is 3.05. The Morgan fingerprint density at radius 1 is 1.17 bits per heavy atom. The Kier molecular flexibility index (Phi) is 4.07. The lowest BCUT2D eigenvalue weighted by Gasteiger charge is -2.20. The molecule has 1 saturated carbocycles. The van der Waals surface area contributed by atoms with Crippen LogP contribution in [0.3, 0.4) is 0 Å². The zero-order valence-electron chi connectivity index (χ0n) is 8.77. The summed E-state index contributed by atoms with van der Waals surface area (Å²) in [5.74, 6) is 1.89. The van der Waals surface area contributed by atoms with Gasteiger partial charge in [-0.15, -0.1) is 0 Å². The summed E-state index contributed by atoms with van der Waals surface area (Å²) in [7, 11) is 0. The monoisotopic (exact) mass is 169 g/mol. The maximum absolute atomic E-state index is 3.52. The van der Waals surface area contributed by atoms with E-state index in [0.29, 0.717) is 6.04 Å². The van der Waals surface area contributed by atoms with Gasteiger partial charge < -0.3 is 5.32 Å². The highest BCUT2D eigenvalue weighted by molar-refractivity contribution is 4.74. The molecule has 72 valence electrons. The quantitative estimate of drug-likeness (QED) is 0.682. The summed E-state index contributed by atoms with van der Waals surface area (Å²) in [5, 5.41) is 3.52. The number of nitrogens with one attached hydrogen (secondary N) is 1. The summed E-state index contributed by atoms with van der Waals surface area (Å²) in [6, 6.07) is 0.647. The third-order valence-corrected chi connectivity index (χ3v) is 3.05. The van der Waals surface area contributed by atoms with Crippen LogP contribution in [-0.4, -0.2) is 12.6 Å². The largest absolute Gasteiger partial charge is 0.314 e. The van der Waals surface area contributed by atoms with E-state index in [9.17, 15) is 0 Å². The topological polar surface area (TPSA) is 12.0 Å². The molecule has 0 saturated heterocycles. The van der Waals surface area contributed by atoms with E-state index in [-0.39, 0.29) is 0 Å². The highest BCUT2D eigenvalue weighted by Crippen LogP contribution is 2.30. The summed E-state index contributed by atoms with van der Waals surface area (Å²) >= 11 is 0. The van der Waals surface area contributed by atoms with Gasteiger partial charge in [-0.1, -0.05) is 46.5 Å². The Bertz CT molecular complexity index is 114. The summed E-state index contributed by atoms with van der Waals surface area (Å²) < 4.78 is 0. The molecule has 1 fully saturated rings. The van der Waals surface area contributed by atoms with Gasteiger partial charge in [0.25, 0.3) is 0 Å². The van der Waals surface area contributed by atoms with Crippen LogP contribution in [0.4, 0.5) is 0 Å². The molecule has 1 atom stereocenters. The van der Waals surface area contributed by atoms with Crippen molar-refractivity contribution < 1.29 is 0 Å². The van der Waals surface area contributed by atoms with Crippen molar-refractivity contribution >= 4 is 0 Å². The van der Waals surface area contributed by atoms with Crippen molar-refractivity contribution in [3.8, 4) is 0 Å². The van der Waals surface area contributed by atoms with Gasteiger partial charge >= 0.3 is 0 Å². The smallest absolute Gasteiger partial charge is 0.00104 e. The Hall–Kier alpha value is -0.0400. The first-order valence-electron chi connectivity index (χ1n) is 5.43. The minimum absolute atomic E-state index is 0.647. The van der Waals surface area contributed by atoms with Crippen LogP contribution in [0.2, 0.25) is 0 Å². The third kappa shape index (κ3) is 3.14.